The van der Waals surface area contributed by atoms with Crippen LogP contribution in [0.3, 0.4) is 0 Å². The van der Waals surface area contributed by atoms with Gasteiger partial charge in [-0.2, -0.15) is 5.10 Å². The van der Waals surface area contributed by atoms with Gasteiger partial charge in [0.05, 0.1) is 11.3 Å². The number of hydrogen-bond donors (Lipinski definition) is 2. The number of nitrogens with one attached hydrogen (secondary N) is 1. The minimum atomic E-state index is -0.763. The lowest BCUT2D eigenvalue weighted by Crippen LogP contribution is -2.42. The first-order chi connectivity index (χ1) is 11.6. The lowest BCUT2D eigenvalue weighted by atomic mass is 9.94. The van der Waals surface area contributed by atoms with Crippen LogP contribution in [0.2, 0.25) is 0 Å². The fourth-order valence-electron chi connectivity index (χ4n) is 3.29. The van der Waals surface area contributed by atoms with Gasteiger partial charge in [0, 0.05) is 12.1 Å². The summed E-state index contributed by atoms with van der Waals surface area (Å²) in [5, 5.41) is 17.7. The van der Waals surface area contributed by atoms with Crippen molar-refractivity contribution >= 4 is 5.91 Å². The zero-order valence-electron chi connectivity index (χ0n) is 14.0. The first-order valence-corrected chi connectivity index (χ1v) is 8.54. The topological polar surface area (TPSA) is 80.0 Å². The van der Waals surface area contributed by atoms with Crippen LogP contribution in [0.1, 0.15) is 54.4 Å². The van der Waals surface area contributed by atoms with Crippen molar-refractivity contribution in [2.24, 2.45) is 0 Å². The van der Waals surface area contributed by atoms with E-state index in [4.69, 9.17) is 0 Å². The maximum absolute atomic E-state index is 12.5. The molecule has 2 aromatic rings. The van der Waals surface area contributed by atoms with Crippen molar-refractivity contribution in [1.29, 1.82) is 0 Å². The number of aliphatic hydroxyl groups is 1. The first-order valence-electron chi connectivity index (χ1n) is 8.54. The van der Waals surface area contributed by atoms with E-state index in [0.717, 1.165) is 36.9 Å². The summed E-state index contributed by atoms with van der Waals surface area (Å²) in [5.74, 6) is -0.143. The summed E-state index contributed by atoms with van der Waals surface area (Å²) in [4.78, 5) is 16.4. The average Bonchev–Trinajstić information content (AvgIpc) is 3.02. The summed E-state index contributed by atoms with van der Waals surface area (Å²) < 4.78 is 1.66. The summed E-state index contributed by atoms with van der Waals surface area (Å²) in [6.07, 6.45) is 9.00. The van der Waals surface area contributed by atoms with Gasteiger partial charge in [0.25, 0.3) is 5.91 Å². The molecule has 1 aromatic carbocycles. The highest BCUT2D eigenvalue weighted by atomic mass is 16.3. The number of amides is 1. The van der Waals surface area contributed by atoms with Crippen molar-refractivity contribution in [3.05, 3.63) is 42.0 Å². The molecule has 0 aliphatic heterocycles. The second kappa shape index (κ2) is 7.13. The zero-order chi connectivity index (χ0) is 17.0. The molecule has 0 radical (unpaired) electrons. The molecule has 1 heterocycles. The molecule has 0 bridgehead atoms. The van der Waals surface area contributed by atoms with Crippen LogP contribution in [0, 0.1) is 6.92 Å². The second-order valence-electron chi connectivity index (χ2n) is 6.66. The molecule has 6 nitrogen and oxygen atoms in total. The SMILES string of the molecule is Cc1cc(-n2cncn2)ccc1C(=O)NCC1(O)CCCCCC1. The third-order valence-electron chi connectivity index (χ3n) is 4.75. The fraction of sp³-hybridized carbons (Fsp3) is 0.500. The van der Waals surface area contributed by atoms with E-state index in [1.807, 2.05) is 19.1 Å². The van der Waals surface area contributed by atoms with E-state index in [1.165, 1.54) is 19.2 Å². The highest BCUT2D eigenvalue weighted by Gasteiger charge is 2.28. The van der Waals surface area contributed by atoms with Crippen molar-refractivity contribution in [2.45, 2.75) is 51.0 Å². The van der Waals surface area contributed by atoms with E-state index >= 15 is 0 Å². The van der Waals surface area contributed by atoms with E-state index in [2.05, 4.69) is 15.4 Å². The van der Waals surface area contributed by atoms with Crippen LogP contribution in [0.5, 0.6) is 0 Å². The molecule has 1 fully saturated rings. The quantitative estimate of drug-likeness (QED) is 0.845. The normalized spacial score (nSPS) is 17.2. The molecule has 1 saturated carbocycles. The smallest absolute Gasteiger partial charge is 0.251 e. The van der Waals surface area contributed by atoms with Crippen molar-refractivity contribution < 1.29 is 9.90 Å². The van der Waals surface area contributed by atoms with Gasteiger partial charge in [-0.05, 0) is 43.5 Å². The van der Waals surface area contributed by atoms with Crippen LogP contribution in [0.25, 0.3) is 5.69 Å². The van der Waals surface area contributed by atoms with Crippen molar-refractivity contribution in [3.8, 4) is 5.69 Å². The Morgan fingerprint density at radius 2 is 2.04 bits per heavy atom. The number of benzene rings is 1. The molecule has 6 heteroatoms. The molecule has 1 aliphatic rings. The van der Waals surface area contributed by atoms with E-state index in [1.54, 1.807) is 17.1 Å². The highest BCUT2D eigenvalue weighted by Crippen LogP contribution is 2.26. The standard InChI is InChI=1S/C18H24N4O2/c1-14-10-15(22-13-19-12-21-22)6-7-16(14)17(23)20-11-18(24)8-4-2-3-5-9-18/h6-7,10,12-13,24H,2-5,8-9,11H2,1H3,(H,20,23). The van der Waals surface area contributed by atoms with Gasteiger partial charge in [0.2, 0.25) is 0 Å². The van der Waals surface area contributed by atoms with Crippen molar-refractivity contribution in [2.75, 3.05) is 6.54 Å². The van der Waals surface area contributed by atoms with Crippen LogP contribution in [-0.4, -0.2) is 37.9 Å². The van der Waals surface area contributed by atoms with E-state index < -0.39 is 5.60 Å². The first kappa shape index (κ1) is 16.6. The summed E-state index contributed by atoms with van der Waals surface area (Å²) in [6.45, 7) is 2.21. The van der Waals surface area contributed by atoms with Crippen LogP contribution in [0.4, 0.5) is 0 Å². The van der Waals surface area contributed by atoms with E-state index in [9.17, 15) is 9.90 Å². The molecule has 3 rings (SSSR count). The Balaban J connectivity index is 1.66. The average molecular weight is 328 g/mol. The highest BCUT2D eigenvalue weighted by molar-refractivity contribution is 5.95. The Kier molecular flexibility index (Phi) is 4.94. The summed E-state index contributed by atoms with van der Waals surface area (Å²) in [6, 6.07) is 5.54. The Morgan fingerprint density at radius 3 is 2.67 bits per heavy atom. The van der Waals surface area contributed by atoms with Gasteiger partial charge >= 0.3 is 0 Å². The van der Waals surface area contributed by atoms with E-state index in [0.29, 0.717) is 12.1 Å². The second-order valence-corrected chi connectivity index (χ2v) is 6.66. The van der Waals surface area contributed by atoms with Crippen molar-refractivity contribution in [1.82, 2.24) is 20.1 Å². The molecule has 1 amide bonds. The third-order valence-corrected chi connectivity index (χ3v) is 4.75. The van der Waals surface area contributed by atoms with E-state index in [-0.39, 0.29) is 5.91 Å². The maximum Gasteiger partial charge on any atom is 0.251 e. The fourth-order valence-corrected chi connectivity index (χ4v) is 3.29. The van der Waals surface area contributed by atoms with Gasteiger partial charge in [-0.3, -0.25) is 4.79 Å². The van der Waals surface area contributed by atoms with Gasteiger partial charge in [-0.25, -0.2) is 9.67 Å². The monoisotopic (exact) mass is 328 g/mol. The van der Waals surface area contributed by atoms with Gasteiger partial charge < -0.3 is 10.4 Å². The number of aryl methyl sites for hydroxylation is 1. The predicted molar refractivity (Wildman–Crippen MR) is 91.1 cm³/mol. The Bertz CT molecular complexity index is 689. The largest absolute Gasteiger partial charge is 0.388 e. The predicted octanol–water partition coefficient (Wildman–Crippen LogP) is 2.39. The molecule has 1 aliphatic carbocycles. The summed E-state index contributed by atoms with van der Waals surface area (Å²) in [7, 11) is 0. The summed E-state index contributed by atoms with van der Waals surface area (Å²) >= 11 is 0. The van der Waals surface area contributed by atoms with Gasteiger partial charge in [0.15, 0.2) is 0 Å². The van der Waals surface area contributed by atoms with Gasteiger partial charge in [-0.15, -0.1) is 0 Å². The number of nitrogens with zero attached hydrogens (tertiary/aromatic N) is 3. The van der Waals surface area contributed by atoms with Crippen LogP contribution >= 0.6 is 0 Å². The molecule has 0 saturated heterocycles. The minimum absolute atomic E-state index is 0.143. The summed E-state index contributed by atoms with van der Waals surface area (Å²) in [5.41, 5.74) is 1.59. The molecule has 2 N–H and O–H groups in total. The number of carbonyl (C=O) groups is 1. The molecule has 24 heavy (non-hydrogen) atoms. The minimum Gasteiger partial charge on any atom is -0.388 e. The Hall–Kier alpha value is -2.21. The zero-order valence-corrected chi connectivity index (χ0v) is 14.0. The maximum atomic E-state index is 12.5. The Morgan fingerprint density at radius 1 is 1.29 bits per heavy atom. The number of aromatic nitrogens is 3. The van der Waals surface area contributed by atoms with Gasteiger partial charge in [0.1, 0.15) is 12.7 Å². The number of hydrogen-bond acceptors (Lipinski definition) is 4. The molecule has 0 unspecified atom stereocenters. The van der Waals surface area contributed by atoms with Crippen LogP contribution in [0.15, 0.2) is 30.9 Å². The number of rotatable bonds is 4. The van der Waals surface area contributed by atoms with Crippen LogP contribution < -0.4 is 5.32 Å². The van der Waals surface area contributed by atoms with Crippen molar-refractivity contribution in [3.63, 3.8) is 0 Å². The Labute approximate surface area is 141 Å². The molecule has 0 atom stereocenters. The lowest BCUT2D eigenvalue weighted by Gasteiger charge is -2.27. The molecular weight excluding hydrogens is 304 g/mol. The molecule has 0 spiro atoms. The molecule has 128 valence electrons. The number of carbonyl (C=O) groups excluding carboxylic acids is 1. The van der Waals surface area contributed by atoms with Crippen LogP contribution in [-0.2, 0) is 0 Å². The lowest BCUT2D eigenvalue weighted by molar-refractivity contribution is 0.0246. The molecular formula is C18H24N4O2. The third kappa shape index (κ3) is 3.82. The molecule has 1 aromatic heterocycles. The van der Waals surface area contributed by atoms with Gasteiger partial charge in [-0.1, -0.05) is 25.7 Å².